The van der Waals surface area contributed by atoms with E-state index in [1.165, 1.54) is 0 Å². The van der Waals surface area contributed by atoms with Gasteiger partial charge in [-0.05, 0) is 12.8 Å². The molecule has 0 spiro atoms. The molecule has 0 atom stereocenters. The minimum Gasteiger partial charge on any atom is -0.227 e. The molecule has 1 aliphatic rings. The maximum Gasteiger partial charge on any atom is 0.167 e. The van der Waals surface area contributed by atoms with Crippen LogP contribution in [0, 0.1) is 11.3 Å². The summed E-state index contributed by atoms with van der Waals surface area (Å²) in [4.78, 5) is 0. The fraction of sp³-hybridized carbons (Fsp3) is 0.571. The number of allylic oxidation sites excluding steroid dienone is 2. The van der Waals surface area contributed by atoms with Crippen molar-refractivity contribution in [2.45, 2.75) is 17.6 Å². The minimum absolute atomic E-state index is 0.336. The van der Waals surface area contributed by atoms with Crippen molar-refractivity contribution in [3.63, 3.8) is 0 Å². The summed E-state index contributed by atoms with van der Waals surface area (Å²) in [6, 6.07) is 1.87. The molecule has 0 unspecified atom stereocenters. The van der Waals surface area contributed by atoms with E-state index < -0.39 is 14.6 Å². The zero-order valence-corrected chi connectivity index (χ0v) is 7.06. The van der Waals surface area contributed by atoms with Gasteiger partial charge in [-0.15, -0.1) is 0 Å². The lowest BCUT2D eigenvalue weighted by atomic mass is 10.1. The Bertz CT molecular complexity index is 313. The Morgan fingerprint density at radius 3 is 2.09 bits per heavy atom. The molecule has 0 radical (unpaired) electrons. The lowest BCUT2D eigenvalue weighted by Crippen LogP contribution is -2.33. The third-order valence-corrected chi connectivity index (χ3v) is 3.82. The fourth-order valence-corrected chi connectivity index (χ4v) is 2.07. The topological polar surface area (TPSA) is 57.9 Å². The normalized spacial score (nSPS) is 21.5. The van der Waals surface area contributed by atoms with E-state index in [1.54, 1.807) is 12.2 Å². The van der Waals surface area contributed by atoms with Gasteiger partial charge >= 0.3 is 0 Å². The molecule has 0 aromatic heterocycles. The summed E-state index contributed by atoms with van der Waals surface area (Å²) in [7, 11) is -3.24. The van der Waals surface area contributed by atoms with Gasteiger partial charge in [-0.25, -0.2) is 8.42 Å². The van der Waals surface area contributed by atoms with Gasteiger partial charge in [-0.2, -0.15) is 5.26 Å². The third-order valence-electron chi connectivity index (χ3n) is 1.98. The maximum absolute atomic E-state index is 11.1. The maximum atomic E-state index is 11.1. The van der Waals surface area contributed by atoms with Crippen LogP contribution in [0.25, 0.3) is 0 Å². The number of hydrogen-bond acceptors (Lipinski definition) is 3. The van der Waals surface area contributed by atoms with Gasteiger partial charge in [0.15, 0.2) is 14.6 Å². The highest BCUT2D eigenvalue weighted by molar-refractivity contribution is 7.92. The Hall–Kier alpha value is -0.820. The van der Waals surface area contributed by atoms with Crippen LogP contribution in [0.15, 0.2) is 12.2 Å². The standard InChI is InChI=1S/C7H9NO2S/c1-11(9,10)7(6-8)4-2-3-5-7/h2-3H,4-5H2,1H3. The summed E-state index contributed by atoms with van der Waals surface area (Å²) in [5.74, 6) is 0. The highest BCUT2D eigenvalue weighted by Gasteiger charge is 2.41. The summed E-state index contributed by atoms with van der Waals surface area (Å²) in [6.45, 7) is 0. The first-order valence-corrected chi connectivity index (χ1v) is 5.17. The van der Waals surface area contributed by atoms with E-state index in [2.05, 4.69) is 0 Å². The second-order valence-corrected chi connectivity index (χ2v) is 5.08. The zero-order valence-electron chi connectivity index (χ0n) is 6.24. The Balaban J connectivity index is 3.09. The molecule has 0 saturated carbocycles. The van der Waals surface area contributed by atoms with Crippen LogP contribution in [0.2, 0.25) is 0 Å². The third kappa shape index (κ3) is 1.16. The van der Waals surface area contributed by atoms with Gasteiger partial charge < -0.3 is 0 Å². The molecule has 0 N–H and O–H groups in total. The molecule has 60 valence electrons. The average molecular weight is 171 g/mol. The van der Waals surface area contributed by atoms with E-state index in [4.69, 9.17) is 5.26 Å². The van der Waals surface area contributed by atoms with E-state index in [0.29, 0.717) is 12.8 Å². The first kappa shape index (κ1) is 8.28. The molecule has 1 aliphatic carbocycles. The van der Waals surface area contributed by atoms with Crippen molar-refractivity contribution < 1.29 is 8.42 Å². The lowest BCUT2D eigenvalue weighted by Gasteiger charge is -2.16. The Morgan fingerprint density at radius 2 is 1.91 bits per heavy atom. The van der Waals surface area contributed by atoms with Crippen LogP contribution in [0.4, 0.5) is 0 Å². The van der Waals surface area contributed by atoms with Crippen LogP contribution in [0.3, 0.4) is 0 Å². The Labute approximate surface area is 66.3 Å². The van der Waals surface area contributed by atoms with Crippen LogP contribution in [-0.2, 0) is 9.84 Å². The molecule has 0 aromatic rings. The highest BCUT2D eigenvalue weighted by atomic mass is 32.2. The predicted octanol–water partition coefficient (Wildman–Crippen LogP) is 0.643. The number of nitriles is 1. The van der Waals surface area contributed by atoms with Crippen molar-refractivity contribution in [3.8, 4) is 6.07 Å². The second-order valence-electron chi connectivity index (χ2n) is 2.76. The fourth-order valence-electron chi connectivity index (χ4n) is 1.11. The molecule has 0 amide bonds. The summed E-state index contributed by atoms with van der Waals surface area (Å²) < 4.78 is 21.1. The molecule has 3 nitrogen and oxygen atoms in total. The van der Waals surface area contributed by atoms with Crippen LogP contribution in [-0.4, -0.2) is 19.4 Å². The molecule has 1 rings (SSSR count). The van der Waals surface area contributed by atoms with Crippen molar-refractivity contribution in [2.75, 3.05) is 6.26 Å². The number of hydrogen-bond donors (Lipinski definition) is 0. The van der Waals surface area contributed by atoms with E-state index in [-0.39, 0.29) is 0 Å². The molecule has 11 heavy (non-hydrogen) atoms. The Kier molecular flexibility index (Phi) is 1.77. The number of sulfone groups is 1. The molecular formula is C7H9NO2S. The molecule has 0 fully saturated rings. The largest absolute Gasteiger partial charge is 0.227 e. The molecular weight excluding hydrogens is 162 g/mol. The monoisotopic (exact) mass is 171 g/mol. The average Bonchev–Trinajstić information content (AvgIpc) is 2.33. The van der Waals surface area contributed by atoms with Gasteiger partial charge in [0.1, 0.15) is 0 Å². The quantitative estimate of drug-likeness (QED) is 0.544. The lowest BCUT2D eigenvalue weighted by molar-refractivity contribution is 0.568. The molecule has 0 aliphatic heterocycles. The van der Waals surface area contributed by atoms with Crippen LogP contribution in [0.1, 0.15) is 12.8 Å². The Morgan fingerprint density at radius 1 is 1.45 bits per heavy atom. The van der Waals surface area contributed by atoms with Crippen molar-refractivity contribution in [3.05, 3.63) is 12.2 Å². The van der Waals surface area contributed by atoms with E-state index in [9.17, 15) is 8.42 Å². The summed E-state index contributed by atoms with van der Waals surface area (Å²) >= 11 is 0. The molecule has 0 heterocycles. The van der Waals surface area contributed by atoms with Gasteiger partial charge in [0.25, 0.3) is 0 Å². The van der Waals surface area contributed by atoms with Crippen LogP contribution in [0.5, 0.6) is 0 Å². The highest BCUT2D eigenvalue weighted by Crippen LogP contribution is 2.30. The first-order valence-electron chi connectivity index (χ1n) is 3.28. The van der Waals surface area contributed by atoms with Crippen LogP contribution >= 0.6 is 0 Å². The van der Waals surface area contributed by atoms with Crippen molar-refractivity contribution >= 4 is 9.84 Å². The second kappa shape index (κ2) is 2.35. The summed E-state index contributed by atoms with van der Waals surface area (Å²) in [5.41, 5.74) is 0. The smallest absolute Gasteiger partial charge is 0.167 e. The first-order chi connectivity index (χ1) is 5.02. The number of nitrogens with zero attached hydrogens (tertiary/aromatic N) is 1. The molecule has 4 heteroatoms. The number of rotatable bonds is 1. The van der Waals surface area contributed by atoms with Gasteiger partial charge in [0.05, 0.1) is 6.07 Å². The van der Waals surface area contributed by atoms with Gasteiger partial charge in [0, 0.05) is 6.26 Å². The predicted molar refractivity (Wildman–Crippen MR) is 41.6 cm³/mol. The SMILES string of the molecule is CS(=O)(=O)C1(C#N)CC=CC1. The summed E-state index contributed by atoms with van der Waals surface area (Å²) in [6.07, 6.45) is 5.27. The van der Waals surface area contributed by atoms with Gasteiger partial charge in [-0.3, -0.25) is 0 Å². The van der Waals surface area contributed by atoms with Crippen molar-refractivity contribution in [2.24, 2.45) is 0 Å². The van der Waals surface area contributed by atoms with Gasteiger partial charge in [0.2, 0.25) is 0 Å². The zero-order chi connectivity index (χ0) is 8.54. The molecule has 0 saturated heterocycles. The van der Waals surface area contributed by atoms with Crippen LogP contribution < -0.4 is 0 Å². The molecule has 0 aromatic carbocycles. The van der Waals surface area contributed by atoms with E-state index in [0.717, 1.165) is 6.26 Å². The minimum atomic E-state index is -3.24. The van der Waals surface area contributed by atoms with E-state index >= 15 is 0 Å². The van der Waals surface area contributed by atoms with E-state index in [1.807, 2.05) is 6.07 Å². The van der Waals surface area contributed by atoms with Gasteiger partial charge in [-0.1, -0.05) is 12.2 Å². The molecule has 0 bridgehead atoms. The van der Waals surface area contributed by atoms with Crippen molar-refractivity contribution in [1.82, 2.24) is 0 Å². The van der Waals surface area contributed by atoms with Crippen molar-refractivity contribution in [1.29, 1.82) is 5.26 Å². The summed E-state index contributed by atoms with van der Waals surface area (Å²) in [5, 5.41) is 8.68.